The van der Waals surface area contributed by atoms with E-state index in [0.717, 1.165) is 12.0 Å². The van der Waals surface area contributed by atoms with Gasteiger partial charge in [-0.2, -0.15) is 0 Å². The molecule has 1 rings (SSSR count). The monoisotopic (exact) mass is 264 g/mol. The Balaban J connectivity index is 2.89. The van der Waals surface area contributed by atoms with Gasteiger partial charge < -0.3 is 5.32 Å². The zero-order valence-electron chi connectivity index (χ0n) is 11.6. The molecule has 2 N–H and O–H groups in total. The van der Waals surface area contributed by atoms with Gasteiger partial charge in [-0.1, -0.05) is 25.2 Å². The van der Waals surface area contributed by atoms with E-state index in [1.807, 2.05) is 13.8 Å². The van der Waals surface area contributed by atoms with Gasteiger partial charge >= 0.3 is 0 Å². The highest BCUT2D eigenvalue weighted by Crippen LogP contribution is 2.19. The maximum atomic E-state index is 12.2. The predicted molar refractivity (Wildman–Crippen MR) is 72.1 cm³/mol. The number of rotatable bonds is 4. The smallest absolute Gasteiger partial charge is 0.252 e. The van der Waals surface area contributed by atoms with Gasteiger partial charge in [-0.15, -0.1) is 0 Å². The van der Waals surface area contributed by atoms with E-state index in [1.165, 1.54) is 6.08 Å². The Kier molecular flexibility index (Phi) is 4.64. The molecule has 5 nitrogen and oxygen atoms in total. The van der Waals surface area contributed by atoms with Gasteiger partial charge in [0.05, 0.1) is 0 Å². The van der Waals surface area contributed by atoms with Crippen molar-refractivity contribution in [3.63, 3.8) is 0 Å². The number of imide groups is 1. The molecule has 1 fully saturated rings. The molecule has 3 amide bonds. The van der Waals surface area contributed by atoms with Crippen molar-refractivity contribution in [1.29, 1.82) is 0 Å². The number of allylic oxidation sites excluding steroid dienone is 1. The van der Waals surface area contributed by atoms with Crippen molar-refractivity contribution in [2.75, 3.05) is 0 Å². The minimum Gasteiger partial charge on any atom is -0.338 e. The van der Waals surface area contributed by atoms with Gasteiger partial charge in [-0.25, -0.2) is 0 Å². The highest BCUT2D eigenvalue weighted by atomic mass is 16.2. The van der Waals surface area contributed by atoms with Crippen LogP contribution in [0.4, 0.5) is 0 Å². The summed E-state index contributed by atoms with van der Waals surface area (Å²) in [5.74, 6) is -1.10. The summed E-state index contributed by atoms with van der Waals surface area (Å²) < 4.78 is 0. The Morgan fingerprint density at radius 2 is 2.16 bits per heavy atom. The standard InChI is InChI=1S/C14H20N2O3/c1-5-9(3)10(6-2)12(18)16-14(4)8-7-11(17)15-13(14)19/h6H,2,5,7-8H2,1,3-4H3,(H,16,18)(H,15,17,19)/b10-9+/t14-/m1/s1. The molecule has 0 unspecified atom stereocenters. The van der Waals surface area contributed by atoms with Gasteiger partial charge in [0, 0.05) is 12.0 Å². The van der Waals surface area contributed by atoms with Crippen LogP contribution in [0.15, 0.2) is 23.8 Å². The van der Waals surface area contributed by atoms with Crippen LogP contribution in [0.2, 0.25) is 0 Å². The zero-order chi connectivity index (χ0) is 14.6. The molecule has 0 aliphatic carbocycles. The fraction of sp³-hybridized carbons (Fsp3) is 0.500. The summed E-state index contributed by atoms with van der Waals surface area (Å²) in [6.45, 7) is 9.04. The molecule has 1 aliphatic rings. The first-order valence-corrected chi connectivity index (χ1v) is 6.33. The van der Waals surface area contributed by atoms with Crippen LogP contribution in [0, 0.1) is 0 Å². The van der Waals surface area contributed by atoms with E-state index in [9.17, 15) is 14.4 Å². The molecule has 1 atom stereocenters. The molecular weight excluding hydrogens is 244 g/mol. The fourth-order valence-corrected chi connectivity index (χ4v) is 1.89. The maximum absolute atomic E-state index is 12.2. The Labute approximate surface area is 113 Å². The quantitative estimate of drug-likeness (QED) is 0.455. The Hall–Kier alpha value is -1.91. The molecule has 1 saturated heterocycles. The molecule has 0 spiro atoms. The second-order valence-electron chi connectivity index (χ2n) is 4.92. The third kappa shape index (κ3) is 3.30. The molecule has 0 radical (unpaired) electrons. The molecule has 1 aliphatic heterocycles. The van der Waals surface area contributed by atoms with Crippen LogP contribution in [0.3, 0.4) is 0 Å². The van der Waals surface area contributed by atoms with Gasteiger partial charge in [-0.3, -0.25) is 19.7 Å². The molecule has 0 aromatic heterocycles. The first-order valence-electron chi connectivity index (χ1n) is 6.33. The zero-order valence-corrected chi connectivity index (χ0v) is 11.6. The van der Waals surface area contributed by atoms with Gasteiger partial charge in [0.1, 0.15) is 5.54 Å². The number of amides is 3. The molecule has 5 heteroatoms. The largest absolute Gasteiger partial charge is 0.338 e. The highest BCUT2D eigenvalue weighted by Gasteiger charge is 2.39. The van der Waals surface area contributed by atoms with Crippen molar-refractivity contribution in [2.45, 2.75) is 45.6 Å². The number of hydrogen-bond acceptors (Lipinski definition) is 3. The predicted octanol–water partition coefficient (Wildman–Crippen LogP) is 1.21. The van der Waals surface area contributed by atoms with Crippen molar-refractivity contribution in [3.05, 3.63) is 23.8 Å². The van der Waals surface area contributed by atoms with Gasteiger partial charge in [0.2, 0.25) is 5.91 Å². The summed E-state index contributed by atoms with van der Waals surface area (Å²) in [5, 5.41) is 4.94. The lowest BCUT2D eigenvalue weighted by atomic mass is 9.90. The van der Waals surface area contributed by atoms with Crippen molar-refractivity contribution in [1.82, 2.24) is 10.6 Å². The average Bonchev–Trinajstić information content (AvgIpc) is 2.35. The van der Waals surface area contributed by atoms with Crippen LogP contribution in [-0.4, -0.2) is 23.3 Å². The van der Waals surface area contributed by atoms with Crippen molar-refractivity contribution in [3.8, 4) is 0 Å². The molecule has 104 valence electrons. The molecule has 1 heterocycles. The van der Waals surface area contributed by atoms with E-state index >= 15 is 0 Å². The number of piperidine rings is 1. The van der Waals surface area contributed by atoms with E-state index in [1.54, 1.807) is 6.92 Å². The Morgan fingerprint density at radius 1 is 1.53 bits per heavy atom. The number of hydrogen-bond donors (Lipinski definition) is 2. The molecular formula is C14H20N2O3. The molecule has 0 bridgehead atoms. The van der Waals surface area contributed by atoms with Crippen LogP contribution in [0.1, 0.15) is 40.0 Å². The molecule has 0 aromatic carbocycles. The molecule has 19 heavy (non-hydrogen) atoms. The lowest BCUT2D eigenvalue weighted by molar-refractivity contribution is -0.140. The minimum atomic E-state index is -1.05. The highest BCUT2D eigenvalue weighted by molar-refractivity contribution is 6.06. The van der Waals surface area contributed by atoms with Gasteiger partial charge in [-0.05, 0) is 26.7 Å². The van der Waals surface area contributed by atoms with E-state index in [0.29, 0.717) is 12.0 Å². The van der Waals surface area contributed by atoms with Crippen molar-refractivity contribution in [2.24, 2.45) is 0 Å². The molecule has 0 aromatic rings. The molecule has 0 saturated carbocycles. The summed E-state index contributed by atoms with van der Waals surface area (Å²) in [6.07, 6.45) is 2.75. The van der Waals surface area contributed by atoms with Gasteiger partial charge in [0.15, 0.2) is 0 Å². The van der Waals surface area contributed by atoms with Crippen LogP contribution >= 0.6 is 0 Å². The van der Waals surface area contributed by atoms with Crippen LogP contribution in [0.5, 0.6) is 0 Å². The number of carbonyl (C=O) groups is 3. The lowest BCUT2D eigenvalue weighted by Crippen LogP contribution is -2.61. The summed E-state index contributed by atoms with van der Waals surface area (Å²) in [7, 11) is 0. The van der Waals surface area contributed by atoms with E-state index in [4.69, 9.17) is 0 Å². The van der Waals surface area contributed by atoms with E-state index in [-0.39, 0.29) is 18.2 Å². The van der Waals surface area contributed by atoms with Crippen molar-refractivity contribution < 1.29 is 14.4 Å². The summed E-state index contributed by atoms with van der Waals surface area (Å²) in [5.41, 5.74) is 0.338. The second-order valence-corrected chi connectivity index (χ2v) is 4.92. The third-order valence-corrected chi connectivity index (χ3v) is 3.43. The number of carbonyl (C=O) groups excluding carboxylic acids is 3. The normalized spacial score (nSPS) is 24.4. The summed E-state index contributed by atoms with van der Waals surface area (Å²) >= 11 is 0. The minimum absolute atomic E-state index is 0.225. The summed E-state index contributed by atoms with van der Waals surface area (Å²) in [6, 6.07) is 0. The van der Waals surface area contributed by atoms with Crippen molar-refractivity contribution >= 4 is 17.7 Å². The average molecular weight is 264 g/mol. The fourth-order valence-electron chi connectivity index (χ4n) is 1.89. The Bertz CT molecular complexity index is 465. The number of nitrogens with one attached hydrogen (secondary N) is 2. The third-order valence-electron chi connectivity index (χ3n) is 3.43. The second kappa shape index (κ2) is 5.82. The first kappa shape index (κ1) is 15.1. The topological polar surface area (TPSA) is 75.3 Å². The SMILES string of the molecule is C=C/C(C(=O)N[C@]1(C)CCC(=O)NC1=O)=C(/C)CC. The van der Waals surface area contributed by atoms with Gasteiger partial charge in [0.25, 0.3) is 11.8 Å². The van der Waals surface area contributed by atoms with Crippen LogP contribution in [0.25, 0.3) is 0 Å². The lowest BCUT2D eigenvalue weighted by Gasteiger charge is -2.32. The van der Waals surface area contributed by atoms with E-state index < -0.39 is 11.4 Å². The first-order chi connectivity index (χ1) is 8.84. The van der Waals surface area contributed by atoms with Crippen LogP contribution in [-0.2, 0) is 14.4 Å². The van der Waals surface area contributed by atoms with Crippen LogP contribution < -0.4 is 10.6 Å². The maximum Gasteiger partial charge on any atom is 0.252 e. The Morgan fingerprint density at radius 3 is 2.63 bits per heavy atom. The van der Waals surface area contributed by atoms with E-state index in [2.05, 4.69) is 17.2 Å². The summed E-state index contributed by atoms with van der Waals surface area (Å²) in [4.78, 5) is 35.1.